The van der Waals surface area contributed by atoms with Crippen LogP contribution in [0.5, 0.6) is 5.75 Å². The van der Waals surface area contributed by atoms with E-state index in [-0.39, 0.29) is 35.8 Å². The lowest BCUT2D eigenvalue weighted by Crippen LogP contribution is -2.28. The van der Waals surface area contributed by atoms with Crippen molar-refractivity contribution in [1.82, 2.24) is 19.5 Å². The summed E-state index contributed by atoms with van der Waals surface area (Å²) in [5, 5.41) is 21.2. The summed E-state index contributed by atoms with van der Waals surface area (Å²) in [4.78, 5) is 38.3. The van der Waals surface area contributed by atoms with Crippen LogP contribution >= 0.6 is 22.9 Å². The number of ether oxygens (including phenoxy) is 1. The van der Waals surface area contributed by atoms with Crippen molar-refractivity contribution in [2.45, 2.75) is 33.5 Å². The number of aromatic carboxylic acids is 1. The van der Waals surface area contributed by atoms with Crippen LogP contribution in [0.2, 0.25) is 5.02 Å². The Kier molecular flexibility index (Phi) is 8.60. The number of thiophene rings is 1. The topological polar surface area (TPSA) is 131 Å². The molecule has 0 aliphatic carbocycles. The quantitative estimate of drug-likeness (QED) is 0.165. The highest BCUT2D eigenvalue weighted by atomic mass is 35.5. The zero-order valence-corrected chi connectivity index (χ0v) is 27.3. The van der Waals surface area contributed by atoms with E-state index in [4.69, 9.17) is 16.3 Å². The Bertz CT molecular complexity index is 2450. The zero-order chi connectivity index (χ0) is 35.4. The molecule has 6 aromatic rings. The van der Waals surface area contributed by atoms with Crippen molar-refractivity contribution < 1.29 is 32.2 Å². The van der Waals surface area contributed by atoms with Gasteiger partial charge in [0.2, 0.25) is 0 Å². The van der Waals surface area contributed by atoms with E-state index in [1.54, 1.807) is 37.3 Å². The number of carbonyl (C=O) groups is 1. The number of carboxylic acids is 1. The van der Waals surface area contributed by atoms with Gasteiger partial charge in [-0.15, -0.1) is 11.3 Å². The van der Waals surface area contributed by atoms with Crippen LogP contribution in [0.1, 0.15) is 38.7 Å². The second-order valence-corrected chi connectivity index (χ2v) is 12.3. The summed E-state index contributed by atoms with van der Waals surface area (Å²) in [7, 11) is 0. The van der Waals surface area contributed by atoms with E-state index >= 15 is 0 Å². The van der Waals surface area contributed by atoms with Gasteiger partial charge in [0.15, 0.2) is 0 Å². The van der Waals surface area contributed by atoms with E-state index in [9.17, 15) is 37.5 Å². The fourth-order valence-electron chi connectivity index (χ4n) is 5.62. The van der Waals surface area contributed by atoms with E-state index < -0.39 is 51.3 Å². The average Bonchev–Trinajstić information content (AvgIpc) is 3.47. The van der Waals surface area contributed by atoms with Gasteiger partial charge in [0.25, 0.3) is 5.56 Å². The molecule has 248 valence electrons. The largest absolute Gasteiger partial charge is 0.491 e. The van der Waals surface area contributed by atoms with E-state index in [2.05, 4.69) is 15.0 Å². The monoisotopic (exact) mass is 707 g/mol. The summed E-state index contributed by atoms with van der Waals surface area (Å²) in [6.45, 7) is 4.34. The van der Waals surface area contributed by atoms with Gasteiger partial charge < -0.3 is 9.84 Å². The Labute approximate surface area is 283 Å². The van der Waals surface area contributed by atoms with Crippen molar-refractivity contribution >= 4 is 50.0 Å². The van der Waals surface area contributed by atoms with Gasteiger partial charge in [0.05, 0.1) is 44.4 Å². The number of pyridine rings is 2. The molecule has 4 heterocycles. The van der Waals surface area contributed by atoms with Gasteiger partial charge in [0.1, 0.15) is 35.8 Å². The molecule has 49 heavy (non-hydrogen) atoms. The third-order valence-electron chi connectivity index (χ3n) is 7.76. The lowest BCUT2D eigenvalue weighted by Gasteiger charge is -2.18. The minimum Gasteiger partial charge on any atom is -0.491 e. The summed E-state index contributed by atoms with van der Waals surface area (Å²) in [6.07, 6.45) is -5.03. The maximum Gasteiger partial charge on any atom is 0.417 e. The Morgan fingerprint density at radius 1 is 1.06 bits per heavy atom. The van der Waals surface area contributed by atoms with Crippen LogP contribution < -0.4 is 10.3 Å². The number of aryl methyl sites for hydroxylation is 3. The molecule has 0 atom stereocenters. The SMILES string of the molecule is Cc1ccc(F)c(-c2c(C(F)(F)F)cc3nc(C)n(CCOc4ccc(Cl)cc4-c4cc(C)nc5c(C(=O)O)csc45)c(=O)c3c2C#N)n1. The van der Waals surface area contributed by atoms with Crippen molar-refractivity contribution in [2.75, 3.05) is 6.61 Å². The molecule has 0 bridgehead atoms. The standard InChI is InChI=1S/C34H22ClF4N5O4S/c1-15-4-6-24(36)30(41-15)27-21(13-40)28-25(12-23(27)34(37,38)39)43-17(3)44(32(28)45)8-9-48-26-7-5-18(35)11-19(26)20-10-16(2)42-29-22(33(46)47)14-49-31(20)29/h4-7,10-12,14H,8-9H2,1-3H3,(H,46,47). The molecule has 15 heteroatoms. The molecule has 9 nitrogen and oxygen atoms in total. The number of rotatable bonds is 7. The summed E-state index contributed by atoms with van der Waals surface area (Å²) < 4.78 is 65.8. The lowest BCUT2D eigenvalue weighted by atomic mass is 9.93. The van der Waals surface area contributed by atoms with Gasteiger partial charge in [0, 0.05) is 38.5 Å². The molecule has 0 amide bonds. The summed E-state index contributed by atoms with van der Waals surface area (Å²) in [6, 6.07) is 11.1. The normalized spacial score (nSPS) is 11.7. The fourth-order valence-corrected chi connectivity index (χ4v) is 6.81. The molecular formula is C34H22ClF4N5O4S. The van der Waals surface area contributed by atoms with Crippen LogP contribution in [0.4, 0.5) is 17.6 Å². The molecule has 0 unspecified atom stereocenters. The number of nitriles is 1. The maximum absolute atomic E-state index is 14.9. The Balaban J connectivity index is 1.43. The highest BCUT2D eigenvalue weighted by Crippen LogP contribution is 2.42. The van der Waals surface area contributed by atoms with Crippen LogP contribution in [0, 0.1) is 37.9 Å². The zero-order valence-electron chi connectivity index (χ0n) is 25.7. The van der Waals surface area contributed by atoms with Crippen LogP contribution in [0.25, 0.3) is 43.5 Å². The van der Waals surface area contributed by atoms with Crippen molar-refractivity contribution in [3.63, 3.8) is 0 Å². The number of alkyl halides is 3. The van der Waals surface area contributed by atoms with Crippen molar-refractivity contribution in [3.8, 4) is 34.2 Å². The lowest BCUT2D eigenvalue weighted by molar-refractivity contribution is -0.137. The third-order valence-corrected chi connectivity index (χ3v) is 9.00. The van der Waals surface area contributed by atoms with Crippen molar-refractivity contribution in [1.29, 1.82) is 5.26 Å². The summed E-state index contributed by atoms with van der Waals surface area (Å²) >= 11 is 7.54. The van der Waals surface area contributed by atoms with Crippen molar-refractivity contribution in [2.24, 2.45) is 0 Å². The minimum absolute atomic E-state index is 0.0494. The molecule has 0 radical (unpaired) electrons. The second kappa shape index (κ2) is 12.6. The summed E-state index contributed by atoms with van der Waals surface area (Å²) in [5.74, 6) is -1.82. The van der Waals surface area contributed by atoms with E-state index in [0.29, 0.717) is 43.9 Å². The number of fused-ring (bicyclic) bond motifs is 2. The number of benzene rings is 2. The molecule has 0 saturated carbocycles. The Morgan fingerprint density at radius 2 is 1.82 bits per heavy atom. The van der Waals surface area contributed by atoms with Gasteiger partial charge in [-0.2, -0.15) is 18.4 Å². The van der Waals surface area contributed by atoms with Crippen LogP contribution in [0.15, 0.2) is 52.6 Å². The summed E-state index contributed by atoms with van der Waals surface area (Å²) in [5.41, 5.74) is -2.54. The third kappa shape index (κ3) is 6.07. The van der Waals surface area contributed by atoms with Gasteiger partial charge >= 0.3 is 12.1 Å². The fraction of sp³-hybridized carbons (Fsp3) is 0.176. The second-order valence-electron chi connectivity index (χ2n) is 11.0. The molecule has 0 aliphatic rings. The Morgan fingerprint density at radius 3 is 2.51 bits per heavy atom. The van der Waals surface area contributed by atoms with Gasteiger partial charge in [-0.25, -0.2) is 19.2 Å². The molecule has 0 saturated heterocycles. The minimum atomic E-state index is -5.03. The van der Waals surface area contributed by atoms with E-state index in [0.717, 1.165) is 10.6 Å². The van der Waals surface area contributed by atoms with E-state index in [1.165, 1.54) is 36.6 Å². The molecule has 1 N–H and O–H groups in total. The first-order valence-corrected chi connectivity index (χ1v) is 15.7. The highest BCUT2D eigenvalue weighted by molar-refractivity contribution is 7.18. The number of aromatic nitrogens is 4. The first kappa shape index (κ1) is 33.5. The number of hydrogen-bond donors (Lipinski definition) is 1. The smallest absolute Gasteiger partial charge is 0.417 e. The number of hydrogen-bond acceptors (Lipinski definition) is 8. The first-order chi connectivity index (χ1) is 23.2. The maximum atomic E-state index is 14.9. The van der Waals surface area contributed by atoms with Gasteiger partial charge in [-0.05, 0) is 63.2 Å². The number of carboxylic acid groups (broad SMARTS) is 1. The van der Waals surface area contributed by atoms with Crippen LogP contribution in [-0.4, -0.2) is 37.2 Å². The molecule has 0 fully saturated rings. The first-order valence-electron chi connectivity index (χ1n) is 14.4. The molecule has 6 rings (SSSR count). The predicted octanol–water partition coefficient (Wildman–Crippen LogP) is 8.12. The van der Waals surface area contributed by atoms with Crippen molar-refractivity contribution in [3.05, 3.63) is 103 Å². The number of nitrogens with zero attached hydrogens (tertiary/aromatic N) is 5. The average molecular weight is 708 g/mol. The molecular weight excluding hydrogens is 686 g/mol. The molecule has 2 aromatic carbocycles. The molecule has 0 aliphatic heterocycles. The van der Waals surface area contributed by atoms with Crippen LogP contribution in [0.3, 0.4) is 0 Å². The van der Waals surface area contributed by atoms with Gasteiger partial charge in [-0.3, -0.25) is 14.3 Å². The van der Waals surface area contributed by atoms with Crippen LogP contribution in [-0.2, 0) is 12.7 Å². The highest BCUT2D eigenvalue weighted by Gasteiger charge is 2.38. The van der Waals surface area contributed by atoms with E-state index in [1.807, 2.05) is 0 Å². The molecule has 4 aromatic heterocycles. The molecule has 0 spiro atoms. The number of halogens is 5. The predicted molar refractivity (Wildman–Crippen MR) is 176 cm³/mol. The Hall–Kier alpha value is -5.39. The van der Waals surface area contributed by atoms with Gasteiger partial charge in [-0.1, -0.05) is 11.6 Å².